The van der Waals surface area contributed by atoms with E-state index in [2.05, 4.69) is 70.3 Å². The van der Waals surface area contributed by atoms with Crippen LogP contribution in [0.2, 0.25) is 0 Å². The quantitative estimate of drug-likeness (QED) is 0.295. The molecule has 9 heteroatoms. The normalized spacial score (nSPS) is 19.7. The van der Waals surface area contributed by atoms with Gasteiger partial charge in [-0.1, -0.05) is 36.4 Å². The summed E-state index contributed by atoms with van der Waals surface area (Å²) in [5.41, 5.74) is 11.8. The number of nitrogens with zero attached hydrogens (tertiary/aromatic N) is 4. The number of nitrogens with two attached hydrogens (primary N) is 1. The van der Waals surface area contributed by atoms with Gasteiger partial charge in [0.1, 0.15) is 6.17 Å². The first-order valence-corrected chi connectivity index (χ1v) is 15.0. The number of anilines is 3. The van der Waals surface area contributed by atoms with Crippen molar-refractivity contribution in [1.29, 1.82) is 0 Å². The lowest BCUT2D eigenvalue weighted by atomic mass is 10.1. The Balaban J connectivity index is 1.23. The fourth-order valence-electron chi connectivity index (χ4n) is 6.03. The Hall–Kier alpha value is -4.18. The van der Waals surface area contributed by atoms with Gasteiger partial charge in [0.05, 0.1) is 31.1 Å². The maximum atomic E-state index is 14.0. The zero-order valence-corrected chi connectivity index (χ0v) is 24.9. The monoisotopic (exact) mass is 580 g/mol. The first-order valence-electron chi connectivity index (χ1n) is 15.0. The summed E-state index contributed by atoms with van der Waals surface area (Å²) in [6, 6.07) is 24.0. The number of hydrogen-bond acceptors (Lipinski definition) is 7. The van der Waals surface area contributed by atoms with E-state index in [9.17, 15) is 4.79 Å². The lowest BCUT2D eigenvalue weighted by Gasteiger charge is -2.37. The van der Waals surface area contributed by atoms with Gasteiger partial charge in [0.2, 0.25) is 0 Å². The minimum Gasteiger partial charge on any atom is -0.378 e. The summed E-state index contributed by atoms with van der Waals surface area (Å²) < 4.78 is 11.4. The second-order valence-electron chi connectivity index (χ2n) is 11.4. The molecule has 3 N–H and O–H groups in total. The van der Waals surface area contributed by atoms with E-state index in [0.29, 0.717) is 6.54 Å². The van der Waals surface area contributed by atoms with Crippen molar-refractivity contribution in [3.05, 3.63) is 96.3 Å². The highest BCUT2D eigenvalue weighted by Crippen LogP contribution is 2.32. The van der Waals surface area contributed by atoms with Crippen LogP contribution < -0.4 is 25.8 Å². The molecule has 2 aliphatic heterocycles. The summed E-state index contributed by atoms with van der Waals surface area (Å²) in [5, 5.41) is 4.97. The van der Waals surface area contributed by atoms with Crippen molar-refractivity contribution in [3.63, 3.8) is 0 Å². The summed E-state index contributed by atoms with van der Waals surface area (Å²) in [4.78, 5) is 24.5. The lowest BCUT2D eigenvalue weighted by molar-refractivity contribution is -0.00521. The second-order valence-corrected chi connectivity index (χ2v) is 11.4. The molecular weight excluding hydrogens is 540 g/mol. The van der Waals surface area contributed by atoms with Gasteiger partial charge in [0.25, 0.3) is 0 Å². The van der Waals surface area contributed by atoms with Gasteiger partial charge >= 0.3 is 6.03 Å². The third kappa shape index (κ3) is 6.59. The molecular formula is C34H40N6O3. The van der Waals surface area contributed by atoms with Crippen molar-refractivity contribution in [2.75, 3.05) is 54.1 Å². The first-order chi connectivity index (χ1) is 21.0. The van der Waals surface area contributed by atoms with Crippen molar-refractivity contribution >= 4 is 33.9 Å². The molecule has 0 saturated carbocycles. The van der Waals surface area contributed by atoms with Gasteiger partial charge in [-0.25, -0.2) is 4.79 Å². The number of morpholine rings is 2. The highest BCUT2D eigenvalue weighted by Gasteiger charge is 2.27. The molecule has 224 valence electrons. The molecule has 0 bridgehead atoms. The lowest BCUT2D eigenvalue weighted by Crippen LogP contribution is -2.46. The number of benzene rings is 3. The van der Waals surface area contributed by atoms with E-state index in [4.69, 9.17) is 15.2 Å². The zero-order chi connectivity index (χ0) is 29.8. The maximum absolute atomic E-state index is 14.0. The van der Waals surface area contributed by atoms with E-state index in [0.717, 1.165) is 78.4 Å². The number of ether oxygens (including phenoxy) is 2. The van der Waals surface area contributed by atoms with Gasteiger partial charge in [-0.2, -0.15) is 0 Å². The highest BCUT2D eigenvalue weighted by atomic mass is 16.5. The molecule has 3 unspecified atom stereocenters. The van der Waals surface area contributed by atoms with Gasteiger partial charge in [0.15, 0.2) is 0 Å². The van der Waals surface area contributed by atoms with Crippen LogP contribution in [0.3, 0.4) is 0 Å². The number of rotatable bonds is 7. The fourth-order valence-corrected chi connectivity index (χ4v) is 6.03. The molecule has 3 heterocycles. The van der Waals surface area contributed by atoms with Crippen molar-refractivity contribution in [2.24, 2.45) is 5.73 Å². The van der Waals surface area contributed by atoms with Crippen LogP contribution in [-0.2, 0) is 16.0 Å². The average Bonchev–Trinajstić information content (AvgIpc) is 3.04. The molecule has 0 spiro atoms. The summed E-state index contributed by atoms with van der Waals surface area (Å²) in [6.07, 6.45) is 3.17. The SMILES string of the molecule is CC1CN(c2ccc(C(N)N(C(=O)NCc3ccc(N4CCOCC4)cc3)c3cccc4cnccc34)cc2)CC(C)O1. The van der Waals surface area contributed by atoms with Crippen LogP contribution >= 0.6 is 0 Å². The van der Waals surface area contributed by atoms with Crippen molar-refractivity contribution < 1.29 is 14.3 Å². The number of carbonyl (C=O) groups excluding carboxylic acids is 1. The molecule has 3 aromatic carbocycles. The number of pyridine rings is 1. The Labute approximate surface area is 253 Å². The fraction of sp³-hybridized carbons (Fsp3) is 0.353. The molecule has 2 amide bonds. The summed E-state index contributed by atoms with van der Waals surface area (Å²) >= 11 is 0. The van der Waals surface area contributed by atoms with E-state index in [-0.39, 0.29) is 18.2 Å². The number of hydrogen-bond donors (Lipinski definition) is 2. The van der Waals surface area contributed by atoms with Gasteiger partial charge in [-0.3, -0.25) is 9.88 Å². The molecule has 2 aliphatic rings. The van der Waals surface area contributed by atoms with Gasteiger partial charge in [0, 0.05) is 67.3 Å². The minimum atomic E-state index is -0.709. The maximum Gasteiger partial charge on any atom is 0.323 e. The highest BCUT2D eigenvalue weighted by molar-refractivity contribution is 6.03. The molecule has 0 aliphatic carbocycles. The van der Waals surface area contributed by atoms with E-state index in [1.54, 1.807) is 17.3 Å². The largest absolute Gasteiger partial charge is 0.378 e. The molecule has 43 heavy (non-hydrogen) atoms. The molecule has 2 saturated heterocycles. The average molecular weight is 581 g/mol. The number of urea groups is 1. The Morgan fingerprint density at radius 3 is 2.35 bits per heavy atom. The summed E-state index contributed by atoms with van der Waals surface area (Å²) in [7, 11) is 0. The van der Waals surface area contributed by atoms with Crippen LogP contribution in [0.15, 0.2) is 85.2 Å². The predicted molar refractivity (Wildman–Crippen MR) is 172 cm³/mol. The second kappa shape index (κ2) is 13.0. The molecule has 3 atom stereocenters. The van der Waals surface area contributed by atoms with Crippen LogP contribution in [0, 0.1) is 0 Å². The third-order valence-corrected chi connectivity index (χ3v) is 8.19. The van der Waals surface area contributed by atoms with Gasteiger partial charge in [-0.15, -0.1) is 0 Å². The molecule has 4 aromatic rings. The van der Waals surface area contributed by atoms with Gasteiger partial charge in [-0.05, 0) is 61.4 Å². The number of amides is 2. The zero-order valence-electron chi connectivity index (χ0n) is 24.9. The molecule has 2 fully saturated rings. The van der Waals surface area contributed by atoms with Crippen LogP contribution in [0.4, 0.5) is 21.9 Å². The number of nitrogens with one attached hydrogen (secondary N) is 1. The molecule has 9 nitrogen and oxygen atoms in total. The first kappa shape index (κ1) is 28.9. The molecule has 0 radical (unpaired) electrons. The predicted octanol–water partition coefficient (Wildman–Crippen LogP) is 5.06. The van der Waals surface area contributed by atoms with Crippen LogP contribution in [-0.4, -0.2) is 62.6 Å². The topological polar surface area (TPSA) is 96.2 Å². The van der Waals surface area contributed by atoms with Crippen LogP contribution in [0.5, 0.6) is 0 Å². The number of carbonyl (C=O) groups is 1. The number of aromatic nitrogens is 1. The Morgan fingerprint density at radius 1 is 0.953 bits per heavy atom. The van der Waals surface area contributed by atoms with Crippen LogP contribution in [0.25, 0.3) is 10.8 Å². The van der Waals surface area contributed by atoms with E-state index >= 15 is 0 Å². The minimum absolute atomic E-state index is 0.168. The Bertz CT molecular complexity index is 1510. The van der Waals surface area contributed by atoms with E-state index < -0.39 is 6.17 Å². The van der Waals surface area contributed by atoms with Crippen molar-refractivity contribution in [3.8, 4) is 0 Å². The standard InChI is InChI=1S/C34H40N6O3/c1-24-22-39(23-25(2)43-24)30-12-8-27(9-13-30)33(35)40(32-5-3-4-28-21-36-15-14-31(28)32)34(41)37-20-26-6-10-29(11-7-26)38-16-18-42-19-17-38/h3-15,21,24-25,33H,16-20,22-23,35H2,1-2H3,(H,37,41). The van der Waals surface area contributed by atoms with Crippen molar-refractivity contribution in [2.45, 2.75) is 38.8 Å². The summed E-state index contributed by atoms with van der Waals surface area (Å²) in [6.45, 7) is 9.50. The van der Waals surface area contributed by atoms with E-state index in [1.165, 1.54) is 0 Å². The van der Waals surface area contributed by atoms with E-state index in [1.807, 2.05) is 36.4 Å². The van der Waals surface area contributed by atoms with Crippen molar-refractivity contribution in [1.82, 2.24) is 10.3 Å². The van der Waals surface area contributed by atoms with Gasteiger partial charge < -0.3 is 30.3 Å². The Morgan fingerprint density at radius 2 is 1.63 bits per heavy atom. The molecule has 1 aromatic heterocycles. The Kier molecular flexibility index (Phi) is 8.74. The number of fused-ring (bicyclic) bond motifs is 1. The molecule has 6 rings (SSSR count). The third-order valence-electron chi connectivity index (χ3n) is 8.19. The summed E-state index contributed by atoms with van der Waals surface area (Å²) in [5.74, 6) is 0. The van der Waals surface area contributed by atoms with Crippen LogP contribution in [0.1, 0.15) is 31.1 Å². The smallest absolute Gasteiger partial charge is 0.323 e.